The van der Waals surface area contributed by atoms with Gasteiger partial charge in [-0.15, -0.1) is 0 Å². The Morgan fingerprint density at radius 1 is 0.643 bits per heavy atom. The highest BCUT2D eigenvalue weighted by atomic mass is 35.5. The Morgan fingerprint density at radius 2 is 1.12 bits per heavy atom. The zero-order valence-corrected chi connectivity index (χ0v) is 24.4. The number of nitrogens with zero attached hydrogens (tertiary/aromatic N) is 2. The molecule has 0 aliphatic rings. The van der Waals surface area contributed by atoms with E-state index in [1.54, 1.807) is 18.2 Å². The first kappa shape index (κ1) is 38.6. The third-order valence-electron chi connectivity index (χ3n) is 6.66. The first-order valence-electron chi connectivity index (χ1n) is 12.9. The van der Waals surface area contributed by atoms with Gasteiger partial charge in [0, 0.05) is 22.0 Å². The van der Waals surface area contributed by atoms with Gasteiger partial charge in [-0.2, -0.15) is 48.3 Å². The smallest absolute Gasteiger partial charge is 0.460 e. The van der Waals surface area contributed by atoms with Crippen LogP contribution < -0.4 is 17.0 Å². The van der Waals surface area contributed by atoms with Crippen molar-refractivity contribution in [3.8, 4) is 0 Å². The van der Waals surface area contributed by atoms with Gasteiger partial charge in [-0.05, 0) is 31.4 Å². The van der Waals surface area contributed by atoms with Gasteiger partial charge >= 0.3 is 29.9 Å². The number of alkyl halides is 11. The molecule has 0 amide bonds. The summed E-state index contributed by atoms with van der Waals surface area (Å²) < 4.78 is 147. The Kier molecular flexibility index (Phi) is 14.2. The largest absolute Gasteiger partial charge is 1.00 e. The van der Waals surface area contributed by atoms with Gasteiger partial charge in [0.15, 0.2) is 0 Å². The molecule has 0 N–H and O–H groups in total. The molecule has 0 saturated heterocycles. The number of benzene rings is 1. The summed E-state index contributed by atoms with van der Waals surface area (Å²) in [6.45, 7) is 1.29. The van der Waals surface area contributed by atoms with Crippen molar-refractivity contribution in [1.29, 1.82) is 0 Å². The van der Waals surface area contributed by atoms with Crippen molar-refractivity contribution in [3.05, 3.63) is 52.5 Å². The molecule has 0 unspecified atom stereocenters. The molecule has 0 fully saturated rings. The average molecular weight is 686 g/mol. The lowest BCUT2D eigenvalue weighted by atomic mass is 9.94. The van der Waals surface area contributed by atoms with E-state index in [0.717, 1.165) is 37.8 Å². The van der Waals surface area contributed by atoms with E-state index in [4.69, 9.17) is 23.2 Å². The van der Waals surface area contributed by atoms with Gasteiger partial charge in [-0.25, -0.2) is 9.13 Å². The summed E-state index contributed by atoms with van der Waals surface area (Å²) in [6.07, 6.45) is 0.849. The number of unbranched alkanes of at least 4 members (excludes halogenated alkanes) is 8. The van der Waals surface area contributed by atoms with Crippen molar-refractivity contribution >= 4 is 23.2 Å². The molecule has 1 aromatic heterocycles. The molecule has 2 aromatic rings. The molecule has 2 rings (SSSR count). The van der Waals surface area contributed by atoms with Gasteiger partial charge in [0.1, 0.15) is 18.9 Å². The number of aromatic nitrogens is 2. The van der Waals surface area contributed by atoms with Crippen molar-refractivity contribution in [2.24, 2.45) is 0 Å². The van der Waals surface area contributed by atoms with E-state index in [9.17, 15) is 48.3 Å². The fourth-order valence-corrected chi connectivity index (χ4v) is 4.69. The summed E-state index contributed by atoms with van der Waals surface area (Å²) in [5.41, 5.74) is 0.817. The van der Waals surface area contributed by atoms with Crippen molar-refractivity contribution in [3.63, 3.8) is 0 Å². The second-order valence-corrected chi connectivity index (χ2v) is 10.7. The van der Waals surface area contributed by atoms with Crippen LogP contribution in [0.3, 0.4) is 0 Å². The lowest BCUT2D eigenvalue weighted by molar-refractivity contribution is -0.687. The van der Waals surface area contributed by atoms with Gasteiger partial charge < -0.3 is 12.4 Å². The third-order valence-corrected chi connectivity index (χ3v) is 7.37. The molecule has 0 aliphatic heterocycles. The van der Waals surface area contributed by atoms with Crippen LogP contribution in [0.25, 0.3) is 0 Å². The molecule has 0 saturated carbocycles. The van der Waals surface area contributed by atoms with Gasteiger partial charge in [0.2, 0.25) is 6.33 Å². The van der Waals surface area contributed by atoms with Crippen molar-refractivity contribution in [1.82, 2.24) is 4.57 Å². The minimum Gasteiger partial charge on any atom is -1.00 e. The van der Waals surface area contributed by atoms with Crippen molar-refractivity contribution in [2.75, 3.05) is 0 Å². The van der Waals surface area contributed by atoms with Crippen LogP contribution >= 0.6 is 23.2 Å². The maximum absolute atomic E-state index is 13.7. The Morgan fingerprint density at radius 3 is 1.62 bits per heavy atom. The summed E-state index contributed by atoms with van der Waals surface area (Å²) in [4.78, 5) is 0. The minimum absolute atomic E-state index is 0. The Labute approximate surface area is 252 Å². The van der Waals surface area contributed by atoms with Crippen LogP contribution in [0.4, 0.5) is 48.3 Å². The Hall–Kier alpha value is -1.47. The van der Waals surface area contributed by atoms with Crippen LogP contribution in [0.1, 0.15) is 69.8 Å². The van der Waals surface area contributed by atoms with E-state index in [0.29, 0.717) is 29.4 Å². The monoisotopic (exact) mass is 684 g/mol. The molecule has 0 spiro atoms. The highest BCUT2D eigenvalue weighted by molar-refractivity contribution is 6.35. The van der Waals surface area contributed by atoms with E-state index in [1.165, 1.54) is 0 Å². The molecule has 1 aromatic carbocycles. The predicted molar refractivity (Wildman–Crippen MR) is 132 cm³/mol. The first-order chi connectivity index (χ1) is 18.8. The van der Waals surface area contributed by atoms with Crippen LogP contribution in [0.2, 0.25) is 10.0 Å². The number of halogens is 14. The second kappa shape index (κ2) is 15.5. The summed E-state index contributed by atoms with van der Waals surface area (Å²) in [7, 11) is 0. The van der Waals surface area contributed by atoms with E-state index in [-0.39, 0.29) is 25.2 Å². The van der Waals surface area contributed by atoms with E-state index in [1.807, 2.05) is 27.9 Å². The van der Waals surface area contributed by atoms with Gasteiger partial charge in [-0.1, -0.05) is 67.8 Å². The molecule has 2 nitrogen and oxygen atoms in total. The summed E-state index contributed by atoms with van der Waals surface area (Å²) in [6, 6.07) is 5.30. The van der Waals surface area contributed by atoms with Gasteiger partial charge in [0.25, 0.3) is 0 Å². The minimum atomic E-state index is -7.33. The fourth-order valence-electron chi connectivity index (χ4n) is 4.17. The molecular weight excluding hydrogens is 656 g/mol. The maximum atomic E-state index is 13.7. The molecular formula is C26H30Cl3F11N2. The summed E-state index contributed by atoms with van der Waals surface area (Å²) >= 11 is 12.4. The van der Waals surface area contributed by atoms with Crippen molar-refractivity contribution in [2.45, 2.75) is 107 Å². The third kappa shape index (κ3) is 9.27. The standard InChI is InChI=1S/C26H30Cl2F11N2.ClH/c27-20-11-10-12-21(28)19(20)17-41-16-15-40(18-41)14-9-7-5-3-1-2-4-6-8-13-22(29,30)23(31,32)24(33,34)25(35,36)26(37,38)39;/h10-12,15-16,18H,1-9,13-14,17H2;1H/q+1;/p-1. The Balaban J connectivity index is 0.00000882. The van der Waals surface area contributed by atoms with Crippen LogP contribution in [-0.4, -0.2) is 34.4 Å². The van der Waals surface area contributed by atoms with Crippen LogP contribution in [0.15, 0.2) is 36.9 Å². The molecule has 42 heavy (non-hydrogen) atoms. The normalized spacial score (nSPS) is 13.4. The molecule has 0 radical (unpaired) electrons. The number of hydrogen-bond acceptors (Lipinski definition) is 0. The van der Waals surface area contributed by atoms with E-state index < -0.39 is 42.7 Å². The van der Waals surface area contributed by atoms with E-state index in [2.05, 4.69) is 0 Å². The quantitative estimate of drug-likeness (QED) is 0.0952. The lowest BCUT2D eigenvalue weighted by Gasteiger charge is -2.37. The number of rotatable bonds is 17. The zero-order chi connectivity index (χ0) is 31.1. The maximum Gasteiger partial charge on any atom is 0.460 e. The van der Waals surface area contributed by atoms with Gasteiger partial charge in [0.05, 0.1) is 6.54 Å². The highest BCUT2D eigenvalue weighted by Crippen LogP contribution is 2.58. The topological polar surface area (TPSA) is 8.81 Å². The van der Waals surface area contributed by atoms with E-state index >= 15 is 0 Å². The Bertz CT molecular complexity index is 1090. The molecule has 0 bridgehead atoms. The summed E-state index contributed by atoms with van der Waals surface area (Å²) in [5, 5.41) is 1.16. The number of imidazole rings is 1. The second-order valence-electron chi connectivity index (χ2n) is 9.88. The molecule has 0 aliphatic carbocycles. The van der Waals surface area contributed by atoms with Crippen molar-refractivity contribution < 1.29 is 65.3 Å². The fraction of sp³-hybridized carbons (Fsp3) is 0.654. The van der Waals surface area contributed by atoms with Crippen LogP contribution in [-0.2, 0) is 13.1 Å². The van der Waals surface area contributed by atoms with Gasteiger partial charge in [-0.3, -0.25) is 0 Å². The zero-order valence-electron chi connectivity index (χ0n) is 22.1. The van der Waals surface area contributed by atoms with Crippen LogP contribution in [0, 0.1) is 0 Å². The number of hydrogen-bond donors (Lipinski definition) is 0. The lowest BCUT2D eigenvalue weighted by Crippen LogP contribution is -3.00. The number of aryl methyl sites for hydroxylation is 1. The molecule has 0 atom stereocenters. The molecule has 1 heterocycles. The molecule has 242 valence electrons. The SMILES string of the molecule is FC(F)(F)C(F)(F)C(F)(F)C(F)(F)C(F)(F)CCCCCCCCCCCn1cc[n+](Cc2c(Cl)cccc2Cl)c1.[Cl-]. The molecule has 16 heteroatoms. The predicted octanol–water partition coefficient (Wildman–Crippen LogP) is 7.14. The highest BCUT2D eigenvalue weighted by Gasteiger charge is 2.86. The first-order valence-corrected chi connectivity index (χ1v) is 13.7. The van der Waals surface area contributed by atoms with Crippen LogP contribution in [0.5, 0.6) is 0 Å². The summed E-state index contributed by atoms with van der Waals surface area (Å²) in [5.74, 6) is -27.3. The average Bonchev–Trinajstić information content (AvgIpc) is 3.31.